The molecule has 0 aliphatic carbocycles. The number of benzene rings is 1. The molecule has 0 radical (unpaired) electrons. The Hall–Kier alpha value is -2.11. The minimum Gasteiger partial charge on any atom is -0.396 e. The van der Waals surface area contributed by atoms with Crippen LogP contribution >= 0.6 is 0 Å². The molecule has 1 aromatic carbocycles. The maximum absolute atomic E-state index is 12.9. The molecule has 3 amide bonds. The summed E-state index contributed by atoms with van der Waals surface area (Å²) >= 11 is 0. The molecule has 16 heavy (non-hydrogen) atoms. The summed E-state index contributed by atoms with van der Waals surface area (Å²) in [6.07, 6.45) is 0.225. The lowest BCUT2D eigenvalue weighted by Crippen LogP contribution is -2.49. The van der Waals surface area contributed by atoms with E-state index >= 15 is 0 Å². The van der Waals surface area contributed by atoms with Crippen molar-refractivity contribution in [2.24, 2.45) is 0 Å². The minimum atomic E-state index is -0.530. The zero-order valence-electron chi connectivity index (χ0n) is 8.37. The van der Waals surface area contributed by atoms with E-state index in [4.69, 9.17) is 5.73 Å². The second-order valence-corrected chi connectivity index (χ2v) is 3.46. The van der Waals surface area contributed by atoms with E-state index in [1.165, 1.54) is 23.1 Å². The number of carbonyl (C=O) groups excluding carboxylic acids is 2. The van der Waals surface area contributed by atoms with Crippen LogP contribution in [0, 0.1) is 5.82 Å². The monoisotopic (exact) mass is 223 g/mol. The molecule has 1 heterocycles. The molecule has 3 N–H and O–H groups in total. The highest BCUT2D eigenvalue weighted by molar-refractivity contribution is 6.05. The number of nitrogens with zero attached hydrogens (tertiary/aromatic N) is 1. The van der Waals surface area contributed by atoms with Crippen LogP contribution in [-0.4, -0.2) is 18.5 Å². The summed E-state index contributed by atoms with van der Waals surface area (Å²) in [5, 5.41) is 2.18. The van der Waals surface area contributed by atoms with Gasteiger partial charge in [-0.15, -0.1) is 0 Å². The van der Waals surface area contributed by atoms with Crippen molar-refractivity contribution >= 4 is 23.3 Å². The van der Waals surface area contributed by atoms with Crippen LogP contribution in [0.3, 0.4) is 0 Å². The van der Waals surface area contributed by atoms with Crippen molar-refractivity contribution in [1.82, 2.24) is 5.32 Å². The van der Waals surface area contributed by atoms with E-state index in [1.54, 1.807) is 0 Å². The Morgan fingerprint density at radius 2 is 2.12 bits per heavy atom. The number of rotatable bonds is 1. The Labute approximate surface area is 91.0 Å². The van der Waals surface area contributed by atoms with Gasteiger partial charge in [0.1, 0.15) is 5.82 Å². The first-order valence-corrected chi connectivity index (χ1v) is 4.74. The summed E-state index contributed by atoms with van der Waals surface area (Å²) in [5.41, 5.74) is 5.85. The van der Waals surface area contributed by atoms with Crippen LogP contribution < -0.4 is 16.0 Å². The zero-order valence-corrected chi connectivity index (χ0v) is 8.37. The molecule has 0 spiro atoms. The Kier molecular flexibility index (Phi) is 2.47. The van der Waals surface area contributed by atoms with Gasteiger partial charge in [-0.2, -0.15) is 0 Å². The molecule has 2 rings (SSSR count). The summed E-state index contributed by atoms with van der Waals surface area (Å²) in [5.74, 6) is -0.839. The Morgan fingerprint density at radius 1 is 1.38 bits per heavy atom. The van der Waals surface area contributed by atoms with Crippen LogP contribution in [0.4, 0.5) is 20.6 Å². The predicted octanol–water partition coefficient (Wildman–Crippen LogP) is 0.854. The summed E-state index contributed by atoms with van der Waals surface area (Å²) in [6, 6.07) is 3.49. The molecule has 0 unspecified atom stereocenters. The quantitative estimate of drug-likeness (QED) is 0.693. The van der Waals surface area contributed by atoms with E-state index < -0.39 is 11.8 Å². The second-order valence-electron chi connectivity index (χ2n) is 3.46. The second kappa shape index (κ2) is 3.80. The van der Waals surface area contributed by atoms with Crippen molar-refractivity contribution in [2.45, 2.75) is 6.42 Å². The summed E-state index contributed by atoms with van der Waals surface area (Å²) < 4.78 is 12.9. The number of hydrogen-bond donors (Lipinski definition) is 2. The number of anilines is 2. The average molecular weight is 223 g/mol. The van der Waals surface area contributed by atoms with Crippen molar-refractivity contribution < 1.29 is 14.0 Å². The number of nitrogen functional groups attached to an aromatic ring is 1. The smallest absolute Gasteiger partial charge is 0.328 e. The molecule has 0 bridgehead atoms. The molecule has 1 aliphatic rings. The molecular weight excluding hydrogens is 213 g/mol. The Bertz CT molecular complexity index is 461. The standard InChI is InChI=1S/C10H10FN3O2/c11-7-2-1-6(5-8(7)12)14-4-3-9(15)13-10(14)16/h1-2,5H,3-4,12H2,(H,13,15,16). The van der Waals surface area contributed by atoms with E-state index in [2.05, 4.69) is 5.32 Å². The van der Waals surface area contributed by atoms with Gasteiger partial charge >= 0.3 is 6.03 Å². The first-order valence-electron chi connectivity index (χ1n) is 4.74. The van der Waals surface area contributed by atoms with Gasteiger partial charge in [0.25, 0.3) is 0 Å². The first kappa shape index (κ1) is 10.4. The van der Waals surface area contributed by atoms with Crippen molar-refractivity contribution in [3.8, 4) is 0 Å². The average Bonchev–Trinajstić information content (AvgIpc) is 2.22. The molecule has 0 atom stereocenters. The van der Waals surface area contributed by atoms with Crippen molar-refractivity contribution in [3.05, 3.63) is 24.0 Å². The van der Waals surface area contributed by atoms with Gasteiger partial charge in [0.15, 0.2) is 0 Å². The minimum absolute atomic E-state index is 0.0257. The molecule has 1 aliphatic heterocycles. The van der Waals surface area contributed by atoms with Gasteiger partial charge in [-0.05, 0) is 18.2 Å². The maximum Gasteiger partial charge on any atom is 0.328 e. The van der Waals surface area contributed by atoms with Crippen LogP contribution in [0.5, 0.6) is 0 Å². The lowest BCUT2D eigenvalue weighted by molar-refractivity contribution is -0.120. The van der Waals surface area contributed by atoms with Crippen LogP contribution in [0.25, 0.3) is 0 Å². The molecule has 0 saturated carbocycles. The van der Waals surface area contributed by atoms with Crippen LogP contribution in [0.1, 0.15) is 6.42 Å². The third kappa shape index (κ3) is 1.81. The third-order valence-corrected chi connectivity index (χ3v) is 2.35. The molecule has 84 valence electrons. The van der Waals surface area contributed by atoms with Gasteiger partial charge < -0.3 is 5.73 Å². The normalized spacial score (nSPS) is 16.2. The van der Waals surface area contributed by atoms with Gasteiger partial charge in [0.05, 0.1) is 5.69 Å². The molecule has 5 nitrogen and oxygen atoms in total. The number of nitrogens with two attached hydrogens (primary N) is 1. The number of imide groups is 1. The van der Waals surface area contributed by atoms with E-state index in [9.17, 15) is 14.0 Å². The van der Waals surface area contributed by atoms with E-state index in [-0.39, 0.29) is 24.6 Å². The van der Waals surface area contributed by atoms with E-state index in [0.29, 0.717) is 5.69 Å². The number of carbonyl (C=O) groups is 2. The zero-order chi connectivity index (χ0) is 11.7. The molecule has 0 aromatic heterocycles. The van der Waals surface area contributed by atoms with Crippen LogP contribution in [-0.2, 0) is 4.79 Å². The number of amides is 3. The number of halogens is 1. The van der Waals surface area contributed by atoms with Gasteiger partial charge in [0, 0.05) is 18.7 Å². The third-order valence-electron chi connectivity index (χ3n) is 2.35. The van der Waals surface area contributed by atoms with E-state index in [1.807, 2.05) is 0 Å². The summed E-state index contributed by atoms with van der Waals surface area (Å²) in [7, 11) is 0. The number of hydrogen-bond acceptors (Lipinski definition) is 3. The van der Waals surface area contributed by atoms with Crippen LogP contribution in [0.2, 0.25) is 0 Å². The highest BCUT2D eigenvalue weighted by Gasteiger charge is 2.24. The van der Waals surface area contributed by atoms with Crippen LogP contribution in [0.15, 0.2) is 18.2 Å². The van der Waals surface area contributed by atoms with Gasteiger partial charge in [-0.3, -0.25) is 15.0 Å². The van der Waals surface area contributed by atoms with Gasteiger partial charge in [-0.1, -0.05) is 0 Å². The van der Waals surface area contributed by atoms with Gasteiger partial charge in [0.2, 0.25) is 5.91 Å². The van der Waals surface area contributed by atoms with Crippen molar-refractivity contribution in [1.29, 1.82) is 0 Å². The van der Waals surface area contributed by atoms with E-state index in [0.717, 1.165) is 0 Å². The molecule has 1 fully saturated rings. The Morgan fingerprint density at radius 3 is 2.75 bits per heavy atom. The number of nitrogens with one attached hydrogen (secondary N) is 1. The maximum atomic E-state index is 12.9. The molecule has 1 saturated heterocycles. The van der Waals surface area contributed by atoms with Crippen molar-refractivity contribution in [2.75, 3.05) is 17.2 Å². The predicted molar refractivity (Wildman–Crippen MR) is 56.3 cm³/mol. The van der Waals surface area contributed by atoms with Crippen molar-refractivity contribution in [3.63, 3.8) is 0 Å². The lowest BCUT2D eigenvalue weighted by atomic mass is 10.2. The van der Waals surface area contributed by atoms with Gasteiger partial charge in [-0.25, -0.2) is 9.18 Å². The topological polar surface area (TPSA) is 75.4 Å². The summed E-state index contributed by atoms with van der Waals surface area (Å²) in [6.45, 7) is 0.274. The fraction of sp³-hybridized carbons (Fsp3) is 0.200. The molecule has 6 heteroatoms. The fourth-order valence-electron chi connectivity index (χ4n) is 1.51. The molecule has 1 aromatic rings. The largest absolute Gasteiger partial charge is 0.396 e. The highest BCUT2D eigenvalue weighted by atomic mass is 19.1. The highest BCUT2D eigenvalue weighted by Crippen LogP contribution is 2.21. The first-order chi connectivity index (χ1) is 7.58. The molecular formula is C10H10FN3O2. The fourth-order valence-corrected chi connectivity index (χ4v) is 1.51. The summed E-state index contributed by atoms with van der Waals surface area (Å²) in [4.78, 5) is 23.7. The number of urea groups is 1. The lowest BCUT2D eigenvalue weighted by Gasteiger charge is -2.26. The Balaban J connectivity index is 2.27. The SMILES string of the molecule is Nc1cc(N2CCC(=O)NC2=O)ccc1F.